The van der Waals surface area contributed by atoms with E-state index in [2.05, 4.69) is 21.2 Å². The molecule has 2 rings (SSSR count). The van der Waals surface area contributed by atoms with Gasteiger partial charge in [-0.3, -0.25) is 9.59 Å². The molecular formula is C21H25BrN2O5S. The number of benzene rings is 2. The van der Waals surface area contributed by atoms with Crippen molar-refractivity contribution in [2.75, 3.05) is 26.7 Å². The van der Waals surface area contributed by atoms with E-state index in [1.165, 1.54) is 24.7 Å². The van der Waals surface area contributed by atoms with Gasteiger partial charge in [0.1, 0.15) is 13.2 Å². The number of hydrogen-bond donors (Lipinski definition) is 1. The fourth-order valence-electron chi connectivity index (χ4n) is 2.56. The molecule has 0 atom stereocenters. The van der Waals surface area contributed by atoms with Crippen LogP contribution in [0.25, 0.3) is 0 Å². The minimum absolute atomic E-state index is 0.0265. The summed E-state index contributed by atoms with van der Waals surface area (Å²) < 4.78 is 31.6. The Bertz CT molecular complexity index is 960. The molecule has 9 heteroatoms. The van der Waals surface area contributed by atoms with Crippen LogP contribution in [0.1, 0.15) is 17.5 Å². The average molecular weight is 497 g/mol. The highest BCUT2D eigenvalue weighted by molar-refractivity contribution is 9.10. The van der Waals surface area contributed by atoms with Crippen LogP contribution in [-0.4, -0.2) is 51.3 Å². The highest BCUT2D eigenvalue weighted by Gasteiger charge is 2.23. The Hall–Kier alpha value is -2.23. The van der Waals surface area contributed by atoms with Crippen molar-refractivity contribution in [1.29, 1.82) is 0 Å². The van der Waals surface area contributed by atoms with Crippen molar-refractivity contribution < 1.29 is 22.7 Å². The molecule has 0 bridgehead atoms. The van der Waals surface area contributed by atoms with Gasteiger partial charge in [0.05, 0.1) is 11.4 Å². The number of ether oxygens (including phenoxy) is 1. The molecule has 0 aliphatic rings. The summed E-state index contributed by atoms with van der Waals surface area (Å²) in [6.07, 6.45) is 0.968. The van der Waals surface area contributed by atoms with Crippen molar-refractivity contribution in [1.82, 2.24) is 9.62 Å². The topological polar surface area (TPSA) is 92.8 Å². The Balaban J connectivity index is 1.68. The first-order valence-corrected chi connectivity index (χ1v) is 11.6. The minimum Gasteiger partial charge on any atom is -0.463 e. The van der Waals surface area contributed by atoms with Gasteiger partial charge >= 0.3 is 5.97 Å². The third-order valence-corrected chi connectivity index (χ3v) is 6.67. The summed E-state index contributed by atoms with van der Waals surface area (Å²) in [5, 5.41) is 2.68. The second kappa shape index (κ2) is 11.2. The van der Waals surface area contributed by atoms with E-state index in [9.17, 15) is 18.0 Å². The Morgan fingerprint density at radius 2 is 1.70 bits per heavy atom. The molecule has 162 valence electrons. The van der Waals surface area contributed by atoms with Gasteiger partial charge in [0.15, 0.2) is 0 Å². The van der Waals surface area contributed by atoms with Gasteiger partial charge in [0.25, 0.3) is 0 Å². The number of carbonyl (C=O) groups is 2. The SMILES string of the molecule is Cc1ccc(CCC(=O)NCCOC(=O)CN(C)S(=O)(=O)c2ccc(Br)cc2)cc1. The summed E-state index contributed by atoms with van der Waals surface area (Å²) in [5.41, 5.74) is 2.25. The van der Waals surface area contributed by atoms with E-state index in [0.29, 0.717) is 12.8 Å². The molecule has 1 N–H and O–H groups in total. The molecule has 2 aromatic carbocycles. The number of esters is 1. The lowest BCUT2D eigenvalue weighted by atomic mass is 10.1. The Labute approximate surface area is 185 Å². The maximum atomic E-state index is 12.5. The number of rotatable bonds is 10. The molecule has 0 saturated carbocycles. The zero-order valence-corrected chi connectivity index (χ0v) is 19.3. The number of likely N-dealkylation sites (N-methyl/N-ethyl adjacent to an activating group) is 1. The molecular weight excluding hydrogens is 472 g/mol. The molecule has 2 aromatic rings. The fourth-order valence-corrected chi connectivity index (χ4v) is 3.93. The number of hydrogen-bond acceptors (Lipinski definition) is 5. The van der Waals surface area contributed by atoms with Crippen molar-refractivity contribution in [3.8, 4) is 0 Å². The molecule has 0 unspecified atom stereocenters. The first-order valence-electron chi connectivity index (χ1n) is 9.38. The molecule has 0 aliphatic heterocycles. The van der Waals surface area contributed by atoms with E-state index >= 15 is 0 Å². The van der Waals surface area contributed by atoms with Crippen LogP contribution in [0.2, 0.25) is 0 Å². The van der Waals surface area contributed by atoms with E-state index in [0.717, 1.165) is 14.3 Å². The van der Waals surface area contributed by atoms with Crippen molar-refractivity contribution in [2.45, 2.75) is 24.7 Å². The van der Waals surface area contributed by atoms with E-state index in [1.807, 2.05) is 31.2 Å². The van der Waals surface area contributed by atoms with Gasteiger partial charge in [0, 0.05) is 17.9 Å². The molecule has 0 aliphatic carbocycles. The highest BCUT2D eigenvalue weighted by atomic mass is 79.9. The lowest BCUT2D eigenvalue weighted by molar-refractivity contribution is -0.143. The number of halogens is 1. The van der Waals surface area contributed by atoms with Crippen LogP contribution in [0.4, 0.5) is 0 Å². The molecule has 1 amide bonds. The molecule has 0 spiro atoms. The van der Waals surface area contributed by atoms with E-state index in [4.69, 9.17) is 4.74 Å². The lowest BCUT2D eigenvalue weighted by Crippen LogP contribution is -2.34. The molecule has 0 fully saturated rings. The smallest absolute Gasteiger partial charge is 0.321 e. The summed E-state index contributed by atoms with van der Waals surface area (Å²) in [7, 11) is -2.48. The first kappa shape index (κ1) is 24.0. The molecule has 0 aromatic heterocycles. The minimum atomic E-state index is -3.79. The predicted octanol–water partition coefficient (Wildman–Crippen LogP) is 2.67. The van der Waals surface area contributed by atoms with Crippen molar-refractivity contribution >= 4 is 37.8 Å². The average Bonchev–Trinajstić information content (AvgIpc) is 2.71. The maximum Gasteiger partial charge on any atom is 0.321 e. The second-order valence-corrected chi connectivity index (χ2v) is 9.73. The fraction of sp³-hybridized carbons (Fsp3) is 0.333. The summed E-state index contributed by atoms with van der Waals surface area (Å²) in [6, 6.07) is 14.1. The number of nitrogens with one attached hydrogen (secondary N) is 1. The van der Waals surface area contributed by atoms with Crippen LogP contribution in [-0.2, 0) is 30.8 Å². The van der Waals surface area contributed by atoms with Gasteiger partial charge in [-0.1, -0.05) is 45.8 Å². The summed E-state index contributed by atoms with van der Waals surface area (Å²) >= 11 is 3.25. The zero-order valence-electron chi connectivity index (χ0n) is 16.9. The Morgan fingerprint density at radius 1 is 1.07 bits per heavy atom. The van der Waals surface area contributed by atoms with Crippen LogP contribution in [0.15, 0.2) is 57.9 Å². The molecule has 0 radical (unpaired) electrons. The summed E-state index contributed by atoms with van der Waals surface area (Å²) in [5.74, 6) is -0.825. The van der Waals surface area contributed by atoms with Gasteiger partial charge in [-0.2, -0.15) is 4.31 Å². The number of carbonyl (C=O) groups excluding carboxylic acids is 2. The van der Waals surface area contributed by atoms with E-state index < -0.39 is 22.5 Å². The van der Waals surface area contributed by atoms with Crippen molar-refractivity contribution in [2.24, 2.45) is 0 Å². The number of nitrogens with zero attached hydrogens (tertiary/aromatic N) is 1. The first-order chi connectivity index (χ1) is 14.2. The van der Waals surface area contributed by atoms with Gasteiger partial charge < -0.3 is 10.1 Å². The number of aryl methyl sites for hydroxylation is 2. The second-order valence-electron chi connectivity index (χ2n) is 6.77. The molecule has 7 nitrogen and oxygen atoms in total. The van der Waals surface area contributed by atoms with Crippen LogP contribution in [0.5, 0.6) is 0 Å². The monoisotopic (exact) mass is 496 g/mol. The summed E-state index contributed by atoms with van der Waals surface area (Å²) in [4.78, 5) is 23.9. The van der Waals surface area contributed by atoms with Crippen LogP contribution >= 0.6 is 15.9 Å². The third-order valence-electron chi connectivity index (χ3n) is 4.32. The van der Waals surface area contributed by atoms with Crippen LogP contribution in [0, 0.1) is 6.92 Å². The van der Waals surface area contributed by atoms with Gasteiger partial charge in [-0.15, -0.1) is 0 Å². The molecule has 30 heavy (non-hydrogen) atoms. The molecule has 0 heterocycles. The Morgan fingerprint density at radius 3 is 2.33 bits per heavy atom. The number of sulfonamides is 1. The third kappa shape index (κ3) is 7.55. The predicted molar refractivity (Wildman–Crippen MR) is 117 cm³/mol. The largest absolute Gasteiger partial charge is 0.463 e. The number of amides is 1. The highest BCUT2D eigenvalue weighted by Crippen LogP contribution is 2.17. The Kier molecular flexibility index (Phi) is 9.01. The van der Waals surface area contributed by atoms with Crippen molar-refractivity contribution in [3.63, 3.8) is 0 Å². The van der Waals surface area contributed by atoms with Gasteiger partial charge in [-0.05, 0) is 43.2 Å². The van der Waals surface area contributed by atoms with Crippen LogP contribution in [0.3, 0.4) is 0 Å². The lowest BCUT2D eigenvalue weighted by Gasteiger charge is -2.16. The zero-order chi connectivity index (χ0) is 22.1. The van der Waals surface area contributed by atoms with Crippen LogP contribution < -0.4 is 5.32 Å². The quantitative estimate of drug-likeness (QED) is 0.403. The standard InChI is InChI=1S/C21H25BrN2O5S/c1-16-3-5-17(6-4-16)7-12-20(25)23-13-14-29-21(26)15-24(2)30(27,28)19-10-8-18(22)9-11-19/h3-6,8-11H,7,12-15H2,1-2H3,(H,23,25). The van der Waals surface area contributed by atoms with Gasteiger partial charge in [-0.25, -0.2) is 8.42 Å². The van der Waals surface area contributed by atoms with E-state index in [-0.39, 0.29) is 24.0 Å². The maximum absolute atomic E-state index is 12.5. The van der Waals surface area contributed by atoms with Gasteiger partial charge in [0.2, 0.25) is 15.9 Å². The summed E-state index contributed by atoms with van der Waals surface area (Å²) in [6.45, 7) is 1.73. The van der Waals surface area contributed by atoms with Crippen molar-refractivity contribution in [3.05, 3.63) is 64.1 Å². The molecule has 0 saturated heterocycles. The normalized spacial score (nSPS) is 11.3. The van der Waals surface area contributed by atoms with E-state index in [1.54, 1.807) is 12.1 Å².